The van der Waals surface area contributed by atoms with E-state index in [2.05, 4.69) is 10.0 Å². The number of hydrogen-bond donors (Lipinski definition) is 5. The third-order valence-corrected chi connectivity index (χ3v) is 9.27. The van der Waals surface area contributed by atoms with Crippen LogP contribution in [0.25, 0.3) is 0 Å². The van der Waals surface area contributed by atoms with Crippen molar-refractivity contribution in [3.05, 3.63) is 59.7 Å². The van der Waals surface area contributed by atoms with Crippen LogP contribution in [-0.4, -0.2) is 42.2 Å². The maximum absolute atomic E-state index is 13.4. The van der Waals surface area contributed by atoms with E-state index in [1.807, 2.05) is 0 Å². The lowest BCUT2D eigenvalue weighted by Gasteiger charge is -2.29. The molecule has 3 unspecified atom stereocenters. The number of amides is 1. The Morgan fingerprint density at radius 3 is 2.24 bits per heavy atom. The molecule has 186 valence electrons. The highest BCUT2D eigenvalue weighted by Gasteiger charge is 2.40. The van der Waals surface area contributed by atoms with Crippen LogP contribution in [0.1, 0.15) is 37.8 Å². The largest absolute Gasteiger partial charge is 0.481 e. The van der Waals surface area contributed by atoms with E-state index in [9.17, 15) is 32.6 Å². The predicted octanol–water partition coefficient (Wildman–Crippen LogP) is 2.50. The summed E-state index contributed by atoms with van der Waals surface area (Å²) in [5.74, 6) is -4.99. The zero-order chi connectivity index (χ0) is 25.7. The molecule has 0 aliphatic carbocycles. The number of hydrogen-bond acceptors (Lipinski definition) is 6. The Labute approximate surface area is 199 Å². The lowest BCUT2D eigenvalue weighted by molar-refractivity contribution is -0.138. The molecule has 0 radical (unpaired) electrons. The predicted molar refractivity (Wildman–Crippen MR) is 129 cm³/mol. The molecule has 0 aliphatic rings. The maximum Gasteiger partial charge on any atom is 0.311 e. The molecule has 2 aromatic carbocycles. The van der Waals surface area contributed by atoms with Crippen LogP contribution < -0.4 is 15.8 Å². The van der Waals surface area contributed by atoms with Crippen molar-refractivity contribution in [3.63, 3.8) is 0 Å². The van der Waals surface area contributed by atoms with Crippen LogP contribution in [0.4, 0.5) is 5.69 Å². The fourth-order valence-corrected chi connectivity index (χ4v) is 7.81. The molecular formula is C22H30N3O7PS. The molecule has 0 saturated heterocycles. The van der Waals surface area contributed by atoms with Gasteiger partial charge in [-0.25, -0.2) is 8.42 Å². The molecule has 2 rings (SSSR count). The van der Waals surface area contributed by atoms with Gasteiger partial charge in [0.15, 0.2) is 0 Å². The summed E-state index contributed by atoms with van der Waals surface area (Å²) in [6.07, 6.45) is -0.663. The molecule has 34 heavy (non-hydrogen) atoms. The molecule has 12 heteroatoms. The van der Waals surface area contributed by atoms with Crippen molar-refractivity contribution >= 4 is 35.0 Å². The highest BCUT2D eigenvalue weighted by Crippen LogP contribution is 2.51. The number of carbonyl (C=O) groups excluding carboxylic acids is 1. The van der Waals surface area contributed by atoms with Crippen LogP contribution in [0.3, 0.4) is 0 Å². The SMILES string of the molecule is CC(=O)Nc1ccc(S(=O)(=O)NC(C(C)C)P(=O)(O)CC(C(=O)O)c2cccc(CN)c2)cc1. The molecule has 0 spiro atoms. The van der Waals surface area contributed by atoms with Crippen molar-refractivity contribution in [2.75, 3.05) is 11.5 Å². The monoisotopic (exact) mass is 511 g/mol. The van der Waals surface area contributed by atoms with Gasteiger partial charge in [-0.3, -0.25) is 14.2 Å². The quantitative estimate of drug-likeness (QED) is 0.286. The number of nitrogens with two attached hydrogens (primary N) is 1. The first-order valence-electron chi connectivity index (χ1n) is 10.5. The Hall–Kier alpha value is -2.56. The van der Waals surface area contributed by atoms with Gasteiger partial charge in [0.1, 0.15) is 5.78 Å². The zero-order valence-corrected chi connectivity index (χ0v) is 20.8. The van der Waals surface area contributed by atoms with Crippen molar-refractivity contribution < 1.29 is 32.6 Å². The number of rotatable bonds is 11. The van der Waals surface area contributed by atoms with Crippen molar-refractivity contribution in [1.29, 1.82) is 0 Å². The van der Waals surface area contributed by atoms with E-state index < -0.39 is 47.1 Å². The Morgan fingerprint density at radius 2 is 1.74 bits per heavy atom. The average Bonchev–Trinajstić information content (AvgIpc) is 2.75. The molecule has 0 saturated carbocycles. The number of carboxylic acid groups (broad SMARTS) is 1. The Morgan fingerprint density at radius 1 is 1.12 bits per heavy atom. The summed E-state index contributed by atoms with van der Waals surface area (Å²) in [4.78, 5) is 33.8. The first kappa shape index (κ1) is 27.7. The Balaban J connectivity index is 2.33. The summed E-state index contributed by atoms with van der Waals surface area (Å²) in [6.45, 7) is 4.63. The minimum Gasteiger partial charge on any atom is -0.481 e. The molecule has 3 atom stereocenters. The lowest BCUT2D eigenvalue weighted by Crippen LogP contribution is -2.39. The molecule has 0 aromatic heterocycles. The van der Waals surface area contributed by atoms with Gasteiger partial charge in [-0.05, 0) is 41.3 Å². The van der Waals surface area contributed by atoms with E-state index >= 15 is 0 Å². The van der Waals surface area contributed by atoms with Gasteiger partial charge >= 0.3 is 5.97 Å². The highest BCUT2D eigenvalue weighted by molar-refractivity contribution is 7.90. The van der Waals surface area contributed by atoms with Crippen LogP contribution in [0.2, 0.25) is 0 Å². The second-order valence-corrected chi connectivity index (χ2v) is 12.4. The minimum absolute atomic E-state index is 0.169. The smallest absolute Gasteiger partial charge is 0.311 e. The van der Waals surface area contributed by atoms with Crippen LogP contribution >= 0.6 is 7.37 Å². The van der Waals surface area contributed by atoms with Gasteiger partial charge < -0.3 is 21.1 Å². The van der Waals surface area contributed by atoms with Crippen molar-refractivity contribution in [2.45, 2.75) is 43.9 Å². The normalized spacial score (nSPS) is 15.4. The van der Waals surface area contributed by atoms with Crippen molar-refractivity contribution in [3.8, 4) is 0 Å². The number of anilines is 1. The minimum atomic E-state index is -4.36. The van der Waals surface area contributed by atoms with Crippen molar-refractivity contribution in [2.24, 2.45) is 11.7 Å². The molecule has 6 N–H and O–H groups in total. The molecule has 1 amide bonds. The number of sulfonamides is 1. The second-order valence-electron chi connectivity index (χ2n) is 8.29. The summed E-state index contributed by atoms with van der Waals surface area (Å²) in [5.41, 5.74) is 6.99. The van der Waals surface area contributed by atoms with Crippen LogP contribution in [-0.2, 0) is 30.7 Å². The number of aliphatic carboxylic acids is 1. The summed E-state index contributed by atoms with van der Waals surface area (Å²) in [6, 6.07) is 11.7. The number of carboxylic acids is 1. The molecule has 10 nitrogen and oxygen atoms in total. The van der Waals surface area contributed by atoms with Gasteiger partial charge in [-0.15, -0.1) is 0 Å². The van der Waals surface area contributed by atoms with Crippen LogP contribution in [0.5, 0.6) is 0 Å². The van der Waals surface area contributed by atoms with E-state index in [0.717, 1.165) is 0 Å². The van der Waals surface area contributed by atoms with E-state index in [-0.39, 0.29) is 17.3 Å². The van der Waals surface area contributed by atoms with E-state index in [4.69, 9.17) is 5.73 Å². The van der Waals surface area contributed by atoms with Gasteiger partial charge in [-0.1, -0.05) is 38.1 Å². The third-order valence-electron chi connectivity index (χ3n) is 5.16. The fourth-order valence-electron chi connectivity index (χ4n) is 3.47. The summed E-state index contributed by atoms with van der Waals surface area (Å²) in [5, 5.41) is 12.3. The van der Waals surface area contributed by atoms with Crippen LogP contribution in [0.15, 0.2) is 53.4 Å². The van der Waals surface area contributed by atoms with Gasteiger partial charge in [0.25, 0.3) is 0 Å². The van der Waals surface area contributed by atoms with E-state index in [0.29, 0.717) is 16.8 Å². The van der Waals surface area contributed by atoms with Crippen LogP contribution in [0, 0.1) is 5.92 Å². The topological polar surface area (TPSA) is 176 Å². The Kier molecular flexibility index (Phi) is 9.15. The standard InChI is InChI=1S/C22H30N3O7PS/c1-14(2)21(25-34(31,32)19-9-7-18(8-10-19)24-15(3)26)33(29,30)13-20(22(27)28)17-6-4-5-16(11-17)12-23/h4-11,14,20-21,25H,12-13,23H2,1-3H3,(H,24,26)(H,27,28)(H,29,30). The zero-order valence-electron chi connectivity index (χ0n) is 19.1. The highest BCUT2D eigenvalue weighted by atomic mass is 32.2. The van der Waals surface area contributed by atoms with Gasteiger partial charge in [0.05, 0.1) is 10.8 Å². The first-order chi connectivity index (χ1) is 15.8. The van der Waals surface area contributed by atoms with Gasteiger partial charge in [0.2, 0.25) is 23.3 Å². The maximum atomic E-state index is 13.4. The average molecular weight is 512 g/mol. The molecule has 0 aliphatic heterocycles. The third kappa shape index (κ3) is 7.22. The number of benzene rings is 2. The number of carbonyl (C=O) groups is 2. The summed E-state index contributed by atoms with van der Waals surface area (Å²) in [7, 11) is -8.59. The summed E-state index contributed by atoms with van der Waals surface area (Å²) < 4.78 is 41.5. The van der Waals surface area contributed by atoms with Gasteiger partial charge in [-0.2, -0.15) is 4.72 Å². The molecule has 0 heterocycles. The fraction of sp³-hybridized carbons (Fsp3) is 0.364. The second kappa shape index (κ2) is 11.2. The summed E-state index contributed by atoms with van der Waals surface area (Å²) >= 11 is 0. The van der Waals surface area contributed by atoms with Crippen molar-refractivity contribution in [1.82, 2.24) is 4.72 Å². The first-order valence-corrected chi connectivity index (χ1v) is 13.9. The molecule has 0 fully saturated rings. The van der Waals surface area contributed by atoms with Gasteiger partial charge in [0, 0.05) is 25.3 Å². The molecule has 2 aromatic rings. The van der Waals surface area contributed by atoms with E-state index in [1.165, 1.54) is 37.3 Å². The molecule has 0 bridgehead atoms. The molecular weight excluding hydrogens is 481 g/mol. The Bertz CT molecular complexity index is 1180. The lowest BCUT2D eigenvalue weighted by atomic mass is 9.99. The van der Waals surface area contributed by atoms with E-state index in [1.54, 1.807) is 32.0 Å². The number of nitrogens with one attached hydrogen (secondary N) is 2.